The van der Waals surface area contributed by atoms with Gasteiger partial charge in [-0.05, 0) is 49.8 Å². The molecule has 9 atom stereocenters. The second-order valence-corrected chi connectivity index (χ2v) is 11.4. The van der Waals surface area contributed by atoms with Gasteiger partial charge in [0.05, 0.1) is 19.3 Å². The van der Waals surface area contributed by atoms with Gasteiger partial charge < -0.3 is 19.3 Å². The molecule has 5 rings (SSSR count). The molecule has 0 aromatic heterocycles. The number of hydrogen-bond acceptors (Lipinski definition) is 7. The number of carbonyl (C=O) groups is 3. The van der Waals surface area contributed by atoms with Gasteiger partial charge >= 0.3 is 5.97 Å². The first-order chi connectivity index (χ1) is 16.3. The van der Waals surface area contributed by atoms with Crippen molar-refractivity contribution in [3.05, 3.63) is 23.8 Å². The number of fused-ring (bicyclic) bond motifs is 5. The van der Waals surface area contributed by atoms with E-state index in [4.69, 9.17) is 14.2 Å². The number of ketones is 1. The number of aliphatic hydroxyl groups excluding tert-OH is 1. The molecule has 3 saturated carbocycles. The van der Waals surface area contributed by atoms with Crippen LogP contribution in [0.2, 0.25) is 0 Å². The molecule has 0 amide bonds. The first-order valence-corrected chi connectivity index (χ1v) is 12.4. The van der Waals surface area contributed by atoms with E-state index in [-0.39, 0.29) is 38.0 Å². The van der Waals surface area contributed by atoms with Gasteiger partial charge in [-0.3, -0.25) is 9.59 Å². The van der Waals surface area contributed by atoms with Crippen LogP contribution in [-0.4, -0.2) is 65.0 Å². The lowest BCUT2D eigenvalue weighted by atomic mass is 9.44. The van der Waals surface area contributed by atoms with Gasteiger partial charge in [0.15, 0.2) is 17.1 Å². The van der Waals surface area contributed by atoms with Crippen LogP contribution >= 0.6 is 12.6 Å². The second kappa shape index (κ2) is 7.94. The Kier molecular flexibility index (Phi) is 5.68. The molecule has 1 N–H and O–H groups in total. The van der Waals surface area contributed by atoms with E-state index in [1.165, 1.54) is 19.1 Å². The van der Waals surface area contributed by atoms with Crippen LogP contribution in [-0.2, 0) is 28.6 Å². The van der Waals surface area contributed by atoms with Crippen LogP contribution in [0.5, 0.6) is 0 Å². The van der Waals surface area contributed by atoms with Crippen LogP contribution in [0.3, 0.4) is 0 Å². The summed E-state index contributed by atoms with van der Waals surface area (Å²) in [5.41, 5.74) is -6.83. The molecule has 1 heterocycles. The Balaban J connectivity index is 1.60. The van der Waals surface area contributed by atoms with Gasteiger partial charge in [-0.2, -0.15) is 0 Å². The van der Waals surface area contributed by atoms with E-state index in [0.717, 1.165) is 6.08 Å². The van der Waals surface area contributed by atoms with Gasteiger partial charge in [0.25, 0.3) is 6.29 Å². The number of thiol groups is 1. The zero-order chi connectivity index (χ0) is 25.6. The van der Waals surface area contributed by atoms with Crippen molar-refractivity contribution in [2.24, 2.45) is 28.6 Å². The fourth-order valence-corrected chi connectivity index (χ4v) is 8.46. The third-order valence-corrected chi connectivity index (χ3v) is 9.89. The van der Waals surface area contributed by atoms with Gasteiger partial charge in [0.2, 0.25) is 5.12 Å². The molecule has 1 saturated heterocycles. The molecule has 0 radical (unpaired) electrons. The molecule has 35 heavy (non-hydrogen) atoms. The highest BCUT2D eigenvalue weighted by atomic mass is 32.1. The molecule has 4 fully saturated rings. The number of aliphatic hydroxyl groups is 1. The summed E-state index contributed by atoms with van der Waals surface area (Å²) in [5.74, 6) is -3.50. The number of halogens is 2. The Morgan fingerprint density at radius 3 is 2.49 bits per heavy atom. The third kappa shape index (κ3) is 3.03. The maximum Gasteiger partial charge on any atom is 0.364 e. The number of carbonyl (C=O) groups excluding carboxylic acids is 3. The number of ether oxygens (including phenoxy) is 3. The first kappa shape index (κ1) is 25.0. The molecular formula is C25H30F2O7S. The van der Waals surface area contributed by atoms with E-state index in [2.05, 4.69) is 12.6 Å². The topological polar surface area (TPSA) is 99.1 Å². The van der Waals surface area contributed by atoms with Crippen molar-refractivity contribution in [1.82, 2.24) is 0 Å². The van der Waals surface area contributed by atoms with Crippen LogP contribution in [0, 0.1) is 28.6 Å². The summed E-state index contributed by atoms with van der Waals surface area (Å²) in [6, 6.07) is 0. The van der Waals surface area contributed by atoms with Crippen LogP contribution in [0.4, 0.5) is 8.78 Å². The third-order valence-electron chi connectivity index (χ3n) is 9.56. The molecule has 5 aliphatic rings. The summed E-state index contributed by atoms with van der Waals surface area (Å²) in [6.45, 7) is 5.31. The van der Waals surface area contributed by atoms with Crippen molar-refractivity contribution >= 4 is 29.5 Å². The van der Waals surface area contributed by atoms with Gasteiger partial charge in [-0.25, -0.2) is 13.6 Å². The number of hydrogen-bond donors (Lipinski definition) is 2. The lowest BCUT2D eigenvalue weighted by Gasteiger charge is -2.63. The van der Waals surface area contributed by atoms with E-state index < -0.39 is 75.3 Å². The number of rotatable bonds is 3. The summed E-state index contributed by atoms with van der Waals surface area (Å²) in [4.78, 5) is 38.0. The maximum absolute atomic E-state index is 17.3. The highest BCUT2D eigenvalue weighted by Crippen LogP contribution is 2.71. The predicted octanol–water partition coefficient (Wildman–Crippen LogP) is 2.66. The molecular weight excluding hydrogens is 482 g/mol. The second-order valence-electron chi connectivity index (χ2n) is 11.0. The first-order valence-electron chi connectivity index (χ1n) is 12.0. The average Bonchev–Trinajstić information content (AvgIpc) is 3.39. The molecule has 10 heteroatoms. The number of esters is 1. The smallest absolute Gasteiger partial charge is 0.364 e. The Hall–Kier alpha value is -1.62. The summed E-state index contributed by atoms with van der Waals surface area (Å²) >= 11 is 4.11. The molecule has 0 spiro atoms. The number of allylic oxidation sites excluding steroid dienone is 4. The molecule has 0 aromatic rings. The molecule has 0 aromatic carbocycles. The van der Waals surface area contributed by atoms with Crippen molar-refractivity contribution < 1.29 is 42.5 Å². The Bertz CT molecular complexity index is 1040. The summed E-state index contributed by atoms with van der Waals surface area (Å²) in [5, 5.41) is 10.7. The summed E-state index contributed by atoms with van der Waals surface area (Å²) in [6.07, 6.45) is -1.03. The van der Waals surface area contributed by atoms with Crippen molar-refractivity contribution in [3.63, 3.8) is 0 Å². The lowest BCUT2D eigenvalue weighted by Crippen LogP contribution is -2.70. The lowest BCUT2D eigenvalue weighted by molar-refractivity contribution is -0.235. The molecule has 4 aliphatic carbocycles. The van der Waals surface area contributed by atoms with Crippen LogP contribution < -0.4 is 0 Å². The van der Waals surface area contributed by atoms with Crippen molar-refractivity contribution in [2.45, 2.75) is 69.9 Å². The van der Waals surface area contributed by atoms with Gasteiger partial charge in [-0.1, -0.05) is 19.9 Å². The minimum atomic E-state index is -2.29. The van der Waals surface area contributed by atoms with Crippen molar-refractivity contribution in [2.75, 3.05) is 13.2 Å². The largest absolute Gasteiger partial charge is 0.445 e. The monoisotopic (exact) mass is 512 g/mol. The van der Waals surface area contributed by atoms with E-state index in [0.29, 0.717) is 0 Å². The van der Waals surface area contributed by atoms with E-state index in [1.807, 2.05) is 0 Å². The minimum absolute atomic E-state index is 0.0240. The van der Waals surface area contributed by atoms with Crippen LogP contribution in [0.1, 0.15) is 40.0 Å². The highest BCUT2D eigenvalue weighted by Gasteiger charge is 2.78. The molecule has 0 bridgehead atoms. The standard InChI is InChI=1S/C25H30F2O7S/c1-12-8-14-15-10-17(26)16-9-13(28)4-5-22(16,2)24(15,27)18(29)11-23(14,3)25(12,21(31)35)34-19(30)20-32-6-7-33-20/h4-5,9,12,14-15,17-18,20,29H,6-8,10-11H2,1-3H3,(H,31,35)/t12-,14+,15+,17+,18+,22+,23+,24+,25+/m1/s1. The number of alkyl halides is 2. The summed E-state index contributed by atoms with van der Waals surface area (Å²) < 4.78 is 49.1. The van der Waals surface area contributed by atoms with Gasteiger partial charge in [-0.15, -0.1) is 12.6 Å². The SMILES string of the molecule is C[C@@H]1C[C@H]2[C@@H]3C[C@H](F)C4=CC(=O)C=C[C@]4(C)[C@@]3(F)[C@@H](O)C[C@]2(C)[C@@]1(OC(=O)C1OCCO1)C(=O)S. The fraction of sp³-hybridized carbons (Fsp3) is 0.720. The van der Waals surface area contributed by atoms with E-state index in [9.17, 15) is 19.5 Å². The molecule has 0 unspecified atom stereocenters. The molecule has 7 nitrogen and oxygen atoms in total. The predicted molar refractivity (Wildman–Crippen MR) is 122 cm³/mol. The average molecular weight is 513 g/mol. The molecule has 192 valence electrons. The quantitative estimate of drug-likeness (QED) is 0.443. The fourth-order valence-electron chi connectivity index (χ4n) is 7.94. The van der Waals surface area contributed by atoms with Gasteiger partial charge in [0.1, 0.15) is 6.17 Å². The summed E-state index contributed by atoms with van der Waals surface area (Å²) in [7, 11) is 0. The molecule has 1 aliphatic heterocycles. The van der Waals surface area contributed by atoms with Crippen LogP contribution in [0.25, 0.3) is 0 Å². The normalized spacial score (nSPS) is 49.2. The van der Waals surface area contributed by atoms with Crippen molar-refractivity contribution in [3.8, 4) is 0 Å². The Morgan fingerprint density at radius 2 is 1.86 bits per heavy atom. The minimum Gasteiger partial charge on any atom is -0.445 e. The Labute approximate surface area is 207 Å². The maximum atomic E-state index is 17.3. The van der Waals surface area contributed by atoms with Crippen LogP contribution in [0.15, 0.2) is 23.8 Å². The van der Waals surface area contributed by atoms with Crippen molar-refractivity contribution in [1.29, 1.82) is 0 Å². The Morgan fingerprint density at radius 1 is 1.20 bits per heavy atom. The van der Waals surface area contributed by atoms with E-state index >= 15 is 8.78 Å². The highest BCUT2D eigenvalue weighted by molar-refractivity contribution is 7.96. The van der Waals surface area contributed by atoms with E-state index in [1.54, 1.807) is 13.8 Å². The zero-order valence-electron chi connectivity index (χ0n) is 19.8. The van der Waals surface area contributed by atoms with Gasteiger partial charge in [0, 0.05) is 22.7 Å². The zero-order valence-corrected chi connectivity index (χ0v) is 20.7.